The van der Waals surface area contributed by atoms with Gasteiger partial charge in [-0.3, -0.25) is 10.1 Å². The van der Waals surface area contributed by atoms with E-state index in [1.807, 2.05) is 0 Å². The van der Waals surface area contributed by atoms with Crippen LogP contribution in [0.1, 0.15) is 10.4 Å². The Bertz CT molecular complexity index is 1030. The normalized spacial score (nSPS) is 10.2. The molecular formula is C18H13ClN4O5. The van der Waals surface area contributed by atoms with Gasteiger partial charge in [-0.2, -0.15) is 4.98 Å². The van der Waals surface area contributed by atoms with Crippen LogP contribution in [0.3, 0.4) is 0 Å². The fourth-order valence-corrected chi connectivity index (χ4v) is 2.48. The van der Waals surface area contributed by atoms with E-state index >= 15 is 0 Å². The number of carbonyl (C=O) groups excluding carboxylic acids is 1. The molecule has 0 amide bonds. The van der Waals surface area contributed by atoms with E-state index in [-0.39, 0.29) is 17.4 Å². The Morgan fingerprint density at radius 2 is 1.93 bits per heavy atom. The van der Waals surface area contributed by atoms with E-state index in [1.54, 1.807) is 24.3 Å². The number of nitro groups is 1. The first-order chi connectivity index (χ1) is 13.5. The van der Waals surface area contributed by atoms with Crippen LogP contribution in [0.25, 0.3) is 0 Å². The molecule has 1 aromatic heterocycles. The molecule has 0 spiro atoms. The van der Waals surface area contributed by atoms with Gasteiger partial charge in [0.15, 0.2) is 0 Å². The predicted molar refractivity (Wildman–Crippen MR) is 101 cm³/mol. The van der Waals surface area contributed by atoms with Crippen LogP contribution < -0.4 is 10.1 Å². The van der Waals surface area contributed by atoms with Crippen LogP contribution in [0.5, 0.6) is 11.6 Å². The number of nitrogens with zero attached hydrogens (tertiary/aromatic N) is 3. The van der Waals surface area contributed by atoms with Gasteiger partial charge in [0.25, 0.3) is 0 Å². The van der Waals surface area contributed by atoms with Crippen molar-refractivity contribution < 1.29 is 19.2 Å². The van der Waals surface area contributed by atoms with Crippen LogP contribution in [-0.2, 0) is 4.74 Å². The molecule has 10 heteroatoms. The van der Waals surface area contributed by atoms with E-state index in [4.69, 9.17) is 16.3 Å². The number of anilines is 2. The minimum Gasteiger partial charge on any atom is -0.465 e. The Hall–Kier alpha value is -3.72. The van der Waals surface area contributed by atoms with E-state index < -0.39 is 16.6 Å². The van der Waals surface area contributed by atoms with Crippen molar-refractivity contribution in [3.8, 4) is 11.6 Å². The molecule has 142 valence electrons. The minimum absolute atomic E-state index is 0.0524. The number of aromatic nitrogens is 2. The summed E-state index contributed by atoms with van der Waals surface area (Å²) in [6.07, 6.45) is 1.14. The molecule has 0 aliphatic carbocycles. The number of hydrogen-bond donors (Lipinski definition) is 1. The van der Waals surface area contributed by atoms with Crippen LogP contribution in [0.2, 0.25) is 5.02 Å². The van der Waals surface area contributed by atoms with Crippen molar-refractivity contribution in [2.24, 2.45) is 0 Å². The SMILES string of the molecule is COC(=O)c1ccc(Oc2ncnc(Nc3cccc(Cl)c3)c2[N+](=O)[O-])cc1. The maximum absolute atomic E-state index is 11.6. The second kappa shape index (κ2) is 8.31. The number of halogens is 1. The largest absolute Gasteiger partial charge is 0.465 e. The zero-order valence-corrected chi connectivity index (χ0v) is 15.2. The first-order valence-electron chi connectivity index (χ1n) is 7.86. The van der Waals surface area contributed by atoms with Crippen molar-refractivity contribution >= 4 is 34.8 Å². The third-order valence-electron chi connectivity index (χ3n) is 3.55. The van der Waals surface area contributed by atoms with E-state index in [1.165, 1.54) is 31.4 Å². The van der Waals surface area contributed by atoms with Gasteiger partial charge in [0, 0.05) is 10.7 Å². The summed E-state index contributed by atoms with van der Waals surface area (Å²) < 4.78 is 10.1. The summed E-state index contributed by atoms with van der Waals surface area (Å²) in [6, 6.07) is 12.5. The van der Waals surface area contributed by atoms with E-state index in [9.17, 15) is 14.9 Å². The van der Waals surface area contributed by atoms with E-state index in [0.717, 1.165) is 6.33 Å². The number of hydrogen-bond acceptors (Lipinski definition) is 8. The average molecular weight is 401 g/mol. The number of rotatable bonds is 6. The second-order valence-electron chi connectivity index (χ2n) is 5.39. The maximum Gasteiger partial charge on any atom is 0.373 e. The van der Waals surface area contributed by atoms with Gasteiger partial charge in [0.1, 0.15) is 12.1 Å². The van der Waals surface area contributed by atoms with Crippen molar-refractivity contribution in [3.63, 3.8) is 0 Å². The molecule has 0 aliphatic heterocycles. The Kier molecular flexibility index (Phi) is 5.66. The molecule has 0 fully saturated rings. The van der Waals surface area contributed by atoms with Crippen molar-refractivity contribution in [2.45, 2.75) is 0 Å². The van der Waals surface area contributed by atoms with Crippen molar-refractivity contribution in [3.05, 3.63) is 75.6 Å². The molecule has 3 aromatic rings. The highest BCUT2D eigenvalue weighted by Crippen LogP contribution is 2.35. The summed E-state index contributed by atoms with van der Waals surface area (Å²) >= 11 is 5.93. The molecule has 1 heterocycles. The maximum atomic E-state index is 11.6. The third kappa shape index (κ3) is 4.33. The molecule has 0 aliphatic rings. The Morgan fingerprint density at radius 1 is 1.18 bits per heavy atom. The summed E-state index contributed by atoms with van der Waals surface area (Å²) in [7, 11) is 1.27. The number of benzene rings is 2. The molecule has 0 bridgehead atoms. The Morgan fingerprint density at radius 3 is 2.57 bits per heavy atom. The molecule has 0 saturated heterocycles. The molecule has 2 aromatic carbocycles. The highest BCUT2D eigenvalue weighted by Gasteiger charge is 2.25. The van der Waals surface area contributed by atoms with Gasteiger partial charge < -0.3 is 14.8 Å². The first kappa shape index (κ1) is 19.1. The molecular weight excluding hydrogens is 388 g/mol. The van der Waals surface area contributed by atoms with Gasteiger partial charge in [-0.25, -0.2) is 9.78 Å². The van der Waals surface area contributed by atoms with Crippen molar-refractivity contribution in [1.82, 2.24) is 9.97 Å². The molecule has 3 rings (SSSR count). The van der Waals surface area contributed by atoms with Gasteiger partial charge in [-0.15, -0.1) is 0 Å². The van der Waals surface area contributed by atoms with Gasteiger partial charge >= 0.3 is 17.5 Å². The van der Waals surface area contributed by atoms with Crippen molar-refractivity contribution in [1.29, 1.82) is 0 Å². The van der Waals surface area contributed by atoms with Crippen LogP contribution in [0.15, 0.2) is 54.9 Å². The first-order valence-corrected chi connectivity index (χ1v) is 8.24. The smallest absolute Gasteiger partial charge is 0.373 e. The third-order valence-corrected chi connectivity index (χ3v) is 3.78. The highest BCUT2D eigenvalue weighted by atomic mass is 35.5. The molecule has 0 saturated carbocycles. The van der Waals surface area contributed by atoms with Gasteiger partial charge in [-0.1, -0.05) is 17.7 Å². The van der Waals surface area contributed by atoms with Gasteiger partial charge in [0.05, 0.1) is 17.6 Å². The number of carbonyl (C=O) groups is 1. The summed E-state index contributed by atoms with van der Waals surface area (Å²) in [6.45, 7) is 0. The van der Waals surface area contributed by atoms with Crippen molar-refractivity contribution in [2.75, 3.05) is 12.4 Å². The molecule has 0 atom stereocenters. The average Bonchev–Trinajstić information content (AvgIpc) is 2.68. The number of ether oxygens (including phenoxy) is 2. The summed E-state index contributed by atoms with van der Waals surface area (Å²) in [5, 5.41) is 14.9. The highest BCUT2D eigenvalue weighted by molar-refractivity contribution is 6.30. The topological polar surface area (TPSA) is 116 Å². The number of methoxy groups -OCH3 is 1. The van der Waals surface area contributed by atoms with Crippen LogP contribution >= 0.6 is 11.6 Å². The van der Waals surface area contributed by atoms with Crippen LogP contribution in [-0.4, -0.2) is 28.0 Å². The Labute approximate surface area is 164 Å². The standard InChI is InChI=1S/C18H13ClN4O5/c1-27-18(24)11-5-7-14(8-6-11)28-17-15(23(25)26)16(20-10-21-17)22-13-4-2-3-12(19)9-13/h2-10H,1H3,(H,20,21,22). The molecule has 0 radical (unpaired) electrons. The lowest BCUT2D eigenvalue weighted by molar-refractivity contribution is -0.385. The number of esters is 1. The molecule has 9 nitrogen and oxygen atoms in total. The van der Waals surface area contributed by atoms with E-state index in [0.29, 0.717) is 16.3 Å². The van der Waals surface area contributed by atoms with Gasteiger partial charge in [-0.05, 0) is 42.5 Å². The molecule has 1 N–H and O–H groups in total. The number of nitrogens with one attached hydrogen (secondary N) is 1. The van der Waals surface area contributed by atoms with E-state index in [2.05, 4.69) is 20.0 Å². The van der Waals surface area contributed by atoms with Crippen LogP contribution in [0, 0.1) is 10.1 Å². The minimum atomic E-state index is -0.648. The van der Waals surface area contributed by atoms with Crippen LogP contribution in [0.4, 0.5) is 17.2 Å². The summed E-state index contributed by atoms with van der Waals surface area (Å²) in [5.41, 5.74) is 0.387. The molecule has 28 heavy (non-hydrogen) atoms. The van der Waals surface area contributed by atoms with Gasteiger partial charge in [0.2, 0.25) is 5.82 Å². The lowest BCUT2D eigenvalue weighted by atomic mass is 10.2. The lowest BCUT2D eigenvalue weighted by Gasteiger charge is -2.10. The molecule has 0 unspecified atom stereocenters. The quantitative estimate of drug-likeness (QED) is 0.368. The summed E-state index contributed by atoms with van der Waals surface area (Å²) in [5.74, 6) is -0.561. The zero-order chi connectivity index (χ0) is 20.1. The predicted octanol–water partition coefficient (Wildman–Crippen LogP) is 4.36. The fraction of sp³-hybridized carbons (Fsp3) is 0.0556. The monoisotopic (exact) mass is 400 g/mol. The zero-order valence-electron chi connectivity index (χ0n) is 14.5. The fourth-order valence-electron chi connectivity index (χ4n) is 2.28. The lowest BCUT2D eigenvalue weighted by Crippen LogP contribution is -2.04. The Balaban J connectivity index is 1.91. The summed E-state index contributed by atoms with van der Waals surface area (Å²) in [4.78, 5) is 30.2. The second-order valence-corrected chi connectivity index (χ2v) is 5.82.